The molecular weight excluding hydrogens is 385 g/mol. The monoisotopic (exact) mass is 391 g/mol. The van der Waals surface area contributed by atoms with Crippen LogP contribution in [0.4, 0.5) is 5.69 Å². The van der Waals surface area contributed by atoms with E-state index < -0.39 is 0 Å². The number of hydrogen-bond acceptors (Lipinski definition) is 5. The lowest BCUT2D eigenvalue weighted by Crippen LogP contribution is -2.16. The highest BCUT2D eigenvalue weighted by Gasteiger charge is 2.11. The van der Waals surface area contributed by atoms with Gasteiger partial charge in [-0.15, -0.1) is 0 Å². The van der Waals surface area contributed by atoms with Gasteiger partial charge < -0.3 is 4.98 Å². The number of fused-ring (bicyclic) bond motifs is 1. The second-order valence-corrected chi connectivity index (χ2v) is 6.08. The maximum Gasteiger partial charge on any atom is 0.259 e. The van der Waals surface area contributed by atoms with E-state index in [1.54, 1.807) is 24.3 Å². The van der Waals surface area contributed by atoms with Gasteiger partial charge in [0.1, 0.15) is 6.07 Å². The van der Waals surface area contributed by atoms with Crippen molar-refractivity contribution in [1.82, 2.24) is 9.97 Å². The lowest BCUT2D eigenvalue weighted by atomic mass is 10.2. The average Bonchev–Trinajstić information content (AvgIpc) is 2.60. The molecule has 0 amide bonds. The van der Waals surface area contributed by atoms with E-state index in [4.69, 9.17) is 34.8 Å². The number of anilines is 1. The molecule has 0 fully saturated rings. The average molecular weight is 393 g/mol. The van der Waals surface area contributed by atoms with Gasteiger partial charge >= 0.3 is 0 Å². The summed E-state index contributed by atoms with van der Waals surface area (Å²) in [6, 6.07) is 11.6. The molecule has 3 aromatic rings. The Hall–Kier alpha value is -2.59. The van der Waals surface area contributed by atoms with E-state index in [0.29, 0.717) is 21.6 Å². The molecule has 9 heteroatoms. The van der Waals surface area contributed by atoms with E-state index in [2.05, 4.69) is 20.5 Å². The Morgan fingerprint density at radius 2 is 1.88 bits per heavy atom. The van der Waals surface area contributed by atoms with Crippen LogP contribution in [0.2, 0.25) is 15.1 Å². The third-order valence-electron chi connectivity index (χ3n) is 3.24. The van der Waals surface area contributed by atoms with Crippen LogP contribution in [0.3, 0.4) is 0 Å². The van der Waals surface area contributed by atoms with Crippen LogP contribution < -0.4 is 11.0 Å². The van der Waals surface area contributed by atoms with Gasteiger partial charge in [0.15, 0.2) is 5.82 Å². The van der Waals surface area contributed by atoms with Crippen LogP contribution in [-0.2, 0) is 0 Å². The van der Waals surface area contributed by atoms with Gasteiger partial charge in [0.05, 0.1) is 31.7 Å². The molecule has 1 heterocycles. The number of H-pyrrole nitrogens is 1. The van der Waals surface area contributed by atoms with E-state index in [9.17, 15) is 10.1 Å². The van der Waals surface area contributed by atoms with Crippen LogP contribution >= 0.6 is 34.8 Å². The SMILES string of the molecule is N#CC(=NNc1cc(Cl)c(Cl)cc1Cl)c1nc2ccccc2c(=O)[nH]1. The van der Waals surface area contributed by atoms with Crippen molar-refractivity contribution in [3.63, 3.8) is 0 Å². The zero-order chi connectivity index (χ0) is 18.0. The summed E-state index contributed by atoms with van der Waals surface area (Å²) in [6.45, 7) is 0. The van der Waals surface area contributed by atoms with Crippen molar-refractivity contribution in [2.24, 2.45) is 5.10 Å². The maximum atomic E-state index is 12.1. The number of hydrogen-bond donors (Lipinski definition) is 2. The predicted octanol–water partition coefficient (Wildman–Crippen LogP) is 4.22. The van der Waals surface area contributed by atoms with Crippen LogP contribution in [0.1, 0.15) is 5.82 Å². The number of aromatic amines is 1. The Balaban J connectivity index is 2.01. The molecule has 0 aliphatic rings. The molecule has 0 aliphatic heterocycles. The summed E-state index contributed by atoms with van der Waals surface area (Å²) >= 11 is 17.8. The summed E-state index contributed by atoms with van der Waals surface area (Å²) in [5.74, 6) is 0.0369. The Morgan fingerprint density at radius 3 is 2.64 bits per heavy atom. The molecule has 2 aromatic carbocycles. The van der Waals surface area contributed by atoms with Crippen molar-refractivity contribution in [3.8, 4) is 6.07 Å². The molecule has 25 heavy (non-hydrogen) atoms. The Bertz CT molecular complexity index is 1100. The van der Waals surface area contributed by atoms with Gasteiger partial charge in [-0.05, 0) is 24.3 Å². The van der Waals surface area contributed by atoms with Crippen LogP contribution in [0.15, 0.2) is 46.3 Å². The number of halogens is 3. The fraction of sp³-hybridized carbons (Fsp3) is 0. The molecule has 0 unspecified atom stereocenters. The van der Waals surface area contributed by atoms with Crippen LogP contribution in [0.25, 0.3) is 10.9 Å². The third kappa shape index (κ3) is 3.59. The number of rotatable bonds is 3. The summed E-state index contributed by atoms with van der Waals surface area (Å²) in [5.41, 5.74) is 2.95. The van der Waals surface area contributed by atoms with Crippen molar-refractivity contribution in [2.75, 3.05) is 5.43 Å². The lowest BCUT2D eigenvalue weighted by Gasteiger charge is -2.06. The molecule has 3 rings (SSSR count). The maximum absolute atomic E-state index is 12.1. The largest absolute Gasteiger partial charge is 0.304 e. The number of para-hydroxylation sites is 1. The van der Waals surface area contributed by atoms with E-state index in [0.717, 1.165) is 0 Å². The fourth-order valence-corrected chi connectivity index (χ4v) is 2.64. The zero-order valence-electron chi connectivity index (χ0n) is 12.3. The molecule has 6 nitrogen and oxygen atoms in total. The number of hydrazone groups is 1. The molecule has 0 aliphatic carbocycles. The second kappa shape index (κ2) is 7.11. The molecule has 1 aromatic heterocycles. The number of nitrogens with zero attached hydrogens (tertiary/aromatic N) is 3. The summed E-state index contributed by atoms with van der Waals surface area (Å²) in [6.07, 6.45) is 0. The summed E-state index contributed by atoms with van der Waals surface area (Å²) in [5, 5.41) is 14.5. The van der Waals surface area contributed by atoms with Gasteiger partial charge in [0.25, 0.3) is 5.56 Å². The molecule has 0 atom stereocenters. The molecule has 0 spiro atoms. The van der Waals surface area contributed by atoms with Gasteiger partial charge in [-0.3, -0.25) is 10.2 Å². The zero-order valence-corrected chi connectivity index (χ0v) is 14.6. The van der Waals surface area contributed by atoms with Gasteiger partial charge in [0, 0.05) is 0 Å². The van der Waals surface area contributed by atoms with Crippen LogP contribution in [0.5, 0.6) is 0 Å². The molecule has 0 radical (unpaired) electrons. The van der Waals surface area contributed by atoms with Gasteiger partial charge in [-0.2, -0.15) is 10.4 Å². The third-order valence-corrected chi connectivity index (χ3v) is 4.28. The Labute approximate surface area is 156 Å². The Kier molecular flexibility index (Phi) is 4.91. The molecule has 0 bridgehead atoms. The highest BCUT2D eigenvalue weighted by atomic mass is 35.5. The van der Waals surface area contributed by atoms with Crippen molar-refractivity contribution >= 4 is 57.1 Å². The second-order valence-electron chi connectivity index (χ2n) is 4.86. The number of benzene rings is 2. The van der Waals surface area contributed by atoms with Gasteiger partial charge in [0.2, 0.25) is 5.71 Å². The van der Waals surface area contributed by atoms with E-state index >= 15 is 0 Å². The number of aromatic nitrogens is 2. The standard InChI is InChI=1S/C16H8Cl3N5O/c17-9-5-11(19)13(6-10(9)18)23-24-14(7-20)15-21-12-4-2-1-3-8(12)16(25)22-15/h1-6,23H,(H,21,22,25). The fourth-order valence-electron chi connectivity index (χ4n) is 2.05. The van der Waals surface area contributed by atoms with Gasteiger partial charge in [-0.1, -0.05) is 46.9 Å². The van der Waals surface area contributed by atoms with Crippen molar-refractivity contribution < 1.29 is 0 Å². The summed E-state index contributed by atoms with van der Waals surface area (Å²) in [4.78, 5) is 18.9. The van der Waals surface area contributed by atoms with Crippen LogP contribution in [0, 0.1) is 11.3 Å². The number of nitrogens with one attached hydrogen (secondary N) is 2. The van der Waals surface area contributed by atoms with Crippen molar-refractivity contribution in [1.29, 1.82) is 5.26 Å². The minimum atomic E-state index is -0.365. The quantitative estimate of drug-likeness (QED) is 0.396. The molecular formula is C16H8Cl3N5O. The lowest BCUT2D eigenvalue weighted by molar-refractivity contribution is 1.13. The van der Waals surface area contributed by atoms with E-state index in [1.807, 2.05) is 6.07 Å². The minimum Gasteiger partial charge on any atom is -0.304 e. The highest BCUT2D eigenvalue weighted by molar-refractivity contribution is 6.44. The molecule has 124 valence electrons. The highest BCUT2D eigenvalue weighted by Crippen LogP contribution is 2.32. The molecule has 2 N–H and O–H groups in total. The number of nitriles is 1. The van der Waals surface area contributed by atoms with E-state index in [1.165, 1.54) is 12.1 Å². The van der Waals surface area contributed by atoms with Crippen molar-refractivity contribution in [2.45, 2.75) is 0 Å². The topological polar surface area (TPSA) is 93.9 Å². The van der Waals surface area contributed by atoms with Crippen LogP contribution in [-0.4, -0.2) is 15.7 Å². The first-order valence-corrected chi connectivity index (χ1v) is 8.01. The first-order valence-electron chi connectivity index (χ1n) is 6.87. The van der Waals surface area contributed by atoms with Crippen molar-refractivity contribution in [3.05, 3.63) is 67.6 Å². The first kappa shape index (κ1) is 17.2. The summed E-state index contributed by atoms with van der Waals surface area (Å²) in [7, 11) is 0. The predicted molar refractivity (Wildman–Crippen MR) is 99.6 cm³/mol. The minimum absolute atomic E-state index is 0.0369. The Morgan fingerprint density at radius 1 is 1.16 bits per heavy atom. The van der Waals surface area contributed by atoms with E-state index in [-0.39, 0.29) is 27.1 Å². The normalized spacial score (nSPS) is 11.4. The summed E-state index contributed by atoms with van der Waals surface area (Å²) < 4.78 is 0. The smallest absolute Gasteiger partial charge is 0.259 e. The molecule has 0 saturated carbocycles. The molecule has 0 saturated heterocycles. The van der Waals surface area contributed by atoms with Gasteiger partial charge in [-0.25, -0.2) is 4.98 Å². The first-order chi connectivity index (χ1) is 12.0.